The van der Waals surface area contributed by atoms with E-state index in [1.165, 1.54) is 6.07 Å². The van der Waals surface area contributed by atoms with Crippen molar-refractivity contribution in [3.05, 3.63) is 46.6 Å². The molecule has 2 N–H and O–H groups in total. The number of nitrogens with one attached hydrogen (secondary N) is 2. The van der Waals surface area contributed by atoms with Crippen molar-refractivity contribution >= 4 is 27.0 Å². The van der Waals surface area contributed by atoms with Crippen molar-refractivity contribution in [1.82, 2.24) is 5.32 Å². The summed E-state index contributed by atoms with van der Waals surface area (Å²) >= 11 is 0.967. The van der Waals surface area contributed by atoms with Crippen LogP contribution in [0.5, 0.6) is 0 Å². The van der Waals surface area contributed by atoms with Gasteiger partial charge in [0.25, 0.3) is 10.0 Å². The van der Waals surface area contributed by atoms with E-state index in [4.69, 9.17) is 0 Å². The predicted molar refractivity (Wildman–Crippen MR) is 74.2 cm³/mol. The van der Waals surface area contributed by atoms with Crippen molar-refractivity contribution in [1.29, 1.82) is 0 Å². The molecule has 0 aliphatic rings. The third-order valence-corrected chi connectivity index (χ3v) is 5.42. The van der Waals surface area contributed by atoms with Gasteiger partial charge in [0.2, 0.25) is 0 Å². The van der Waals surface area contributed by atoms with Crippen LogP contribution in [0.25, 0.3) is 0 Å². The van der Waals surface area contributed by atoms with Crippen LogP contribution >= 0.6 is 11.3 Å². The van der Waals surface area contributed by atoms with Crippen LogP contribution < -0.4 is 10.0 Å². The molecule has 0 bridgehead atoms. The third-order valence-electron chi connectivity index (χ3n) is 2.50. The summed E-state index contributed by atoms with van der Waals surface area (Å²) in [6.45, 7) is 0.472. The molecule has 1 heterocycles. The Morgan fingerprint density at radius 2 is 1.76 bits per heavy atom. The minimum absolute atomic E-state index is 0.0872. The van der Waals surface area contributed by atoms with E-state index in [-0.39, 0.29) is 4.21 Å². The van der Waals surface area contributed by atoms with Crippen LogP contribution in [0.15, 0.2) is 28.5 Å². The predicted octanol–water partition coefficient (Wildman–Crippen LogP) is 2.69. The van der Waals surface area contributed by atoms with Crippen LogP contribution in [0, 0.1) is 17.5 Å². The number of benzene rings is 1. The minimum atomic E-state index is -4.13. The summed E-state index contributed by atoms with van der Waals surface area (Å²) in [6.07, 6.45) is 0. The van der Waals surface area contributed by atoms with Crippen molar-refractivity contribution in [2.24, 2.45) is 0 Å². The van der Waals surface area contributed by atoms with Gasteiger partial charge >= 0.3 is 0 Å². The Bertz CT molecular complexity index is 737. The number of rotatable bonds is 5. The molecule has 1 aromatic carbocycles. The number of hydrogen-bond acceptors (Lipinski definition) is 4. The number of anilines is 1. The number of halogens is 3. The molecular formula is C12H11F3N2O2S2. The molecule has 0 aliphatic carbocycles. The summed E-state index contributed by atoms with van der Waals surface area (Å²) in [6, 6.07) is 3.73. The highest BCUT2D eigenvalue weighted by atomic mass is 32.2. The highest BCUT2D eigenvalue weighted by Gasteiger charge is 2.21. The molecule has 0 radical (unpaired) electrons. The molecule has 4 nitrogen and oxygen atoms in total. The molecule has 0 unspecified atom stereocenters. The minimum Gasteiger partial charge on any atom is -0.315 e. The molecular weight excluding hydrogens is 325 g/mol. The molecule has 2 rings (SSSR count). The Kier molecular flexibility index (Phi) is 4.55. The first-order chi connectivity index (χ1) is 9.83. The zero-order valence-corrected chi connectivity index (χ0v) is 12.4. The number of hydrogen-bond donors (Lipinski definition) is 2. The largest absolute Gasteiger partial charge is 0.315 e. The lowest BCUT2D eigenvalue weighted by molar-refractivity contribution is 0.547. The topological polar surface area (TPSA) is 58.2 Å². The summed E-state index contributed by atoms with van der Waals surface area (Å²) in [5.74, 6) is -3.76. The fourth-order valence-electron chi connectivity index (χ4n) is 1.60. The van der Waals surface area contributed by atoms with Crippen molar-refractivity contribution in [2.45, 2.75) is 10.8 Å². The molecule has 0 spiro atoms. The Balaban J connectivity index is 2.33. The molecule has 2 aromatic rings. The Morgan fingerprint density at radius 3 is 2.33 bits per heavy atom. The summed E-state index contributed by atoms with van der Waals surface area (Å²) < 4.78 is 65.6. The lowest BCUT2D eigenvalue weighted by atomic mass is 10.3. The van der Waals surface area contributed by atoms with Gasteiger partial charge in [-0.15, -0.1) is 11.3 Å². The summed E-state index contributed by atoms with van der Waals surface area (Å²) in [7, 11) is -2.43. The summed E-state index contributed by atoms with van der Waals surface area (Å²) in [5.41, 5.74) is -0.903. The van der Waals surface area contributed by atoms with Gasteiger partial charge in [0.05, 0.1) is 0 Å². The zero-order chi connectivity index (χ0) is 15.6. The van der Waals surface area contributed by atoms with E-state index >= 15 is 0 Å². The summed E-state index contributed by atoms with van der Waals surface area (Å²) in [4.78, 5) is 0.748. The van der Waals surface area contributed by atoms with Gasteiger partial charge in [-0.2, -0.15) is 0 Å². The van der Waals surface area contributed by atoms with E-state index in [1.807, 2.05) is 0 Å². The molecule has 1 aromatic heterocycles. The van der Waals surface area contributed by atoms with E-state index in [9.17, 15) is 21.6 Å². The SMILES string of the molecule is CNCc1ccc(S(=O)(=O)Nc2c(F)cc(F)cc2F)s1. The van der Waals surface area contributed by atoms with Gasteiger partial charge in [0, 0.05) is 23.6 Å². The van der Waals surface area contributed by atoms with Gasteiger partial charge in [-0.25, -0.2) is 21.6 Å². The maximum absolute atomic E-state index is 13.5. The Morgan fingerprint density at radius 1 is 1.14 bits per heavy atom. The van der Waals surface area contributed by atoms with E-state index in [2.05, 4.69) is 5.32 Å². The lowest BCUT2D eigenvalue weighted by Crippen LogP contribution is -2.14. The van der Waals surface area contributed by atoms with Gasteiger partial charge in [0.1, 0.15) is 15.7 Å². The van der Waals surface area contributed by atoms with Crippen LogP contribution in [0.3, 0.4) is 0 Å². The average Bonchev–Trinajstić information content (AvgIpc) is 2.84. The quantitative estimate of drug-likeness (QED) is 0.883. The molecule has 9 heteroatoms. The van der Waals surface area contributed by atoms with Crippen molar-refractivity contribution < 1.29 is 21.6 Å². The van der Waals surface area contributed by atoms with Gasteiger partial charge in [-0.3, -0.25) is 4.72 Å². The van der Waals surface area contributed by atoms with Crippen LogP contribution in [0.1, 0.15) is 4.88 Å². The van der Waals surface area contributed by atoms with Crippen LogP contribution in [-0.2, 0) is 16.6 Å². The number of thiophene rings is 1. The zero-order valence-electron chi connectivity index (χ0n) is 10.8. The van der Waals surface area contributed by atoms with Gasteiger partial charge in [-0.05, 0) is 19.2 Å². The molecule has 0 atom stereocenters. The van der Waals surface area contributed by atoms with Crippen LogP contribution in [-0.4, -0.2) is 15.5 Å². The second-order valence-electron chi connectivity index (χ2n) is 4.10. The summed E-state index contributed by atoms with van der Waals surface area (Å²) in [5, 5.41) is 2.86. The normalized spacial score (nSPS) is 11.6. The molecule has 0 saturated heterocycles. The fraction of sp³-hybridized carbons (Fsp3) is 0.167. The van der Waals surface area contributed by atoms with Gasteiger partial charge in [0.15, 0.2) is 11.6 Å². The van der Waals surface area contributed by atoms with Crippen molar-refractivity contribution in [2.75, 3.05) is 11.8 Å². The maximum Gasteiger partial charge on any atom is 0.271 e. The van der Waals surface area contributed by atoms with Gasteiger partial charge < -0.3 is 5.32 Å². The standard InChI is InChI=1S/C12H11F3N2O2S2/c1-16-6-8-2-3-11(20-8)21(18,19)17-12-9(14)4-7(13)5-10(12)15/h2-5,16-17H,6H2,1H3. The Hall–Kier alpha value is -1.58. The highest BCUT2D eigenvalue weighted by molar-refractivity contribution is 7.94. The highest BCUT2D eigenvalue weighted by Crippen LogP contribution is 2.27. The maximum atomic E-state index is 13.5. The average molecular weight is 336 g/mol. The Labute approximate surface area is 123 Å². The second kappa shape index (κ2) is 6.04. The first-order valence-electron chi connectivity index (χ1n) is 5.74. The smallest absolute Gasteiger partial charge is 0.271 e. The van der Waals surface area contributed by atoms with Crippen LogP contribution in [0.4, 0.5) is 18.9 Å². The number of sulfonamides is 1. The van der Waals surface area contributed by atoms with E-state index < -0.39 is 33.2 Å². The third kappa shape index (κ3) is 3.55. The fourth-order valence-corrected chi connectivity index (χ4v) is 4.04. The van der Waals surface area contributed by atoms with E-state index in [1.54, 1.807) is 17.8 Å². The molecule has 0 amide bonds. The molecule has 114 valence electrons. The molecule has 0 saturated carbocycles. The van der Waals surface area contributed by atoms with Crippen LogP contribution in [0.2, 0.25) is 0 Å². The first-order valence-corrected chi connectivity index (χ1v) is 8.04. The monoisotopic (exact) mass is 336 g/mol. The lowest BCUT2D eigenvalue weighted by Gasteiger charge is -2.08. The molecule has 21 heavy (non-hydrogen) atoms. The molecule has 0 fully saturated rings. The first kappa shape index (κ1) is 15.8. The second-order valence-corrected chi connectivity index (χ2v) is 7.18. The van der Waals surface area contributed by atoms with Gasteiger partial charge in [-0.1, -0.05) is 0 Å². The molecule has 0 aliphatic heterocycles. The van der Waals surface area contributed by atoms with E-state index in [0.717, 1.165) is 16.2 Å². The van der Waals surface area contributed by atoms with E-state index in [0.29, 0.717) is 18.7 Å². The van der Waals surface area contributed by atoms with Crippen molar-refractivity contribution in [3.63, 3.8) is 0 Å². The van der Waals surface area contributed by atoms with Crippen molar-refractivity contribution in [3.8, 4) is 0 Å².